The lowest BCUT2D eigenvalue weighted by atomic mass is 10.0. The Balaban J connectivity index is 1.93. The molecule has 10 nitrogen and oxygen atoms in total. The van der Waals surface area contributed by atoms with Crippen molar-refractivity contribution in [2.75, 3.05) is 17.6 Å². The molecule has 1 fully saturated rings. The van der Waals surface area contributed by atoms with E-state index in [0.29, 0.717) is 25.8 Å². The molecule has 1 aliphatic heterocycles. The SMILES string of the molecule is CCCS(=O)(=O)N1CCCCC1C(=O)Nc1cnc2c(c1)c(=O)n(C)c(=O)n2C. The number of pyridine rings is 1. The maximum atomic E-state index is 12.9. The number of carbonyl (C=O) groups excluding carboxylic acids is 1. The third-order valence-electron chi connectivity index (χ3n) is 5.14. The molecule has 158 valence electrons. The molecule has 3 heterocycles. The van der Waals surface area contributed by atoms with Crippen molar-refractivity contribution in [1.82, 2.24) is 18.4 Å². The topological polar surface area (TPSA) is 123 Å². The zero-order chi connectivity index (χ0) is 21.3. The number of rotatable bonds is 5. The van der Waals surface area contributed by atoms with Gasteiger partial charge in [0.1, 0.15) is 11.7 Å². The third kappa shape index (κ3) is 3.97. The molecule has 2 aromatic heterocycles. The predicted octanol–water partition coefficient (Wildman–Crippen LogP) is 0.165. The average molecular weight is 423 g/mol. The first-order chi connectivity index (χ1) is 13.7. The number of aryl methyl sites for hydroxylation is 1. The summed E-state index contributed by atoms with van der Waals surface area (Å²) in [6.45, 7) is 2.10. The molecule has 0 radical (unpaired) electrons. The molecule has 1 aliphatic rings. The second kappa shape index (κ2) is 8.07. The largest absolute Gasteiger partial charge is 0.332 e. The molecule has 3 rings (SSSR count). The number of nitrogens with one attached hydrogen (secondary N) is 1. The number of piperidine rings is 1. The van der Waals surface area contributed by atoms with Gasteiger partial charge in [-0.15, -0.1) is 0 Å². The van der Waals surface area contributed by atoms with Crippen LogP contribution in [0.2, 0.25) is 0 Å². The first-order valence-electron chi connectivity index (χ1n) is 9.53. The van der Waals surface area contributed by atoms with E-state index in [1.807, 2.05) is 0 Å². The molecule has 0 aliphatic carbocycles. The maximum absolute atomic E-state index is 12.9. The van der Waals surface area contributed by atoms with Gasteiger partial charge in [-0.05, 0) is 25.3 Å². The molecule has 0 aromatic carbocycles. The van der Waals surface area contributed by atoms with Crippen LogP contribution in [0.5, 0.6) is 0 Å². The second-order valence-corrected chi connectivity index (χ2v) is 9.27. The van der Waals surface area contributed by atoms with Crippen LogP contribution in [-0.4, -0.2) is 51.1 Å². The number of sulfonamides is 1. The van der Waals surface area contributed by atoms with Crippen LogP contribution in [0.25, 0.3) is 11.0 Å². The highest BCUT2D eigenvalue weighted by Gasteiger charge is 2.36. The van der Waals surface area contributed by atoms with Crippen molar-refractivity contribution in [3.8, 4) is 0 Å². The molecule has 1 amide bonds. The van der Waals surface area contributed by atoms with Crippen molar-refractivity contribution in [3.63, 3.8) is 0 Å². The third-order valence-corrected chi connectivity index (χ3v) is 7.21. The number of fused-ring (bicyclic) bond motifs is 1. The standard InChI is InChI=1S/C18H25N5O5S/c1-4-9-29(27,28)23-8-6-5-7-14(23)16(24)20-12-10-13-15(19-11-12)21(2)18(26)22(3)17(13)25/h10-11,14H,4-9H2,1-3H3,(H,20,24). The van der Waals surface area contributed by atoms with E-state index in [0.717, 1.165) is 11.0 Å². The Morgan fingerprint density at radius 3 is 2.66 bits per heavy atom. The smallest absolute Gasteiger partial charge is 0.323 e. The van der Waals surface area contributed by atoms with Crippen LogP contribution >= 0.6 is 0 Å². The summed E-state index contributed by atoms with van der Waals surface area (Å²) in [6, 6.07) is 0.661. The minimum Gasteiger partial charge on any atom is -0.323 e. The molecule has 2 aromatic rings. The molecule has 0 bridgehead atoms. The fourth-order valence-corrected chi connectivity index (χ4v) is 5.38. The Kier molecular flexibility index (Phi) is 5.90. The van der Waals surface area contributed by atoms with Crippen LogP contribution in [0.4, 0.5) is 5.69 Å². The van der Waals surface area contributed by atoms with E-state index >= 15 is 0 Å². The van der Waals surface area contributed by atoms with Crippen LogP contribution in [0.1, 0.15) is 32.6 Å². The normalized spacial score (nSPS) is 18.1. The van der Waals surface area contributed by atoms with Gasteiger partial charge in [-0.2, -0.15) is 4.31 Å². The lowest BCUT2D eigenvalue weighted by Gasteiger charge is -2.33. The molecule has 29 heavy (non-hydrogen) atoms. The Bertz CT molecular complexity index is 1170. The number of hydrogen-bond donors (Lipinski definition) is 1. The molecule has 1 saturated heterocycles. The minimum absolute atomic E-state index is 0.00161. The van der Waals surface area contributed by atoms with Crippen LogP contribution < -0.4 is 16.6 Å². The summed E-state index contributed by atoms with van der Waals surface area (Å²) in [5, 5.41) is 2.87. The summed E-state index contributed by atoms with van der Waals surface area (Å²) in [4.78, 5) is 41.4. The fraction of sp³-hybridized carbons (Fsp3) is 0.556. The van der Waals surface area contributed by atoms with Crippen molar-refractivity contribution >= 4 is 32.7 Å². The highest BCUT2D eigenvalue weighted by molar-refractivity contribution is 7.89. The van der Waals surface area contributed by atoms with Crippen molar-refractivity contribution in [1.29, 1.82) is 0 Å². The Morgan fingerprint density at radius 1 is 1.24 bits per heavy atom. The van der Waals surface area contributed by atoms with Gasteiger partial charge < -0.3 is 5.32 Å². The summed E-state index contributed by atoms with van der Waals surface area (Å²) < 4.78 is 28.6. The molecule has 11 heteroatoms. The van der Waals surface area contributed by atoms with Crippen LogP contribution in [0, 0.1) is 0 Å². The molecular weight excluding hydrogens is 398 g/mol. The van der Waals surface area contributed by atoms with Gasteiger partial charge in [-0.3, -0.25) is 18.7 Å². The summed E-state index contributed by atoms with van der Waals surface area (Å²) >= 11 is 0. The Hall–Kier alpha value is -2.53. The van der Waals surface area contributed by atoms with E-state index in [9.17, 15) is 22.8 Å². The minimum atomic E-state index is -3.51. The Morgan fingerprint density at radius 2 is 1.97 bits per heavy atom. The van der Waals surface area contributed by atoms with Crippen LogP contribution in [-0.2, 0) is 28.9 Å². The second-order valence-electron chi connectivity index (χ2n) is 7.23. The number of amides is 1. The summed E-state index contributed by atoms with van der Waals surface area (Å²) in [6.07, 6.45) is 3.74. The van der Waals surface area contributed by atoms with Crippen LogP contribution in [0.15, 0.2) is 21.9 Å². The van der Waals surface area contributed by atoms with Gasteiger partial charge in [0.05, 0.1) is 23.0 Å². The molecule has 1 unspecified atom stereocenters. The van der Waals surface area contributed by atoms with E-state index in [1.54, 1.807) is 6.92 Å². The van der Waals surface area contributed by atoms with Crippen molar-refractivity contribution in [2.45, 2.75) is 38.6 Å². The van der Waals surface area contributed by atoms with Crippen LogP contribution in [0.3, 0.4) is 0 Å². The van der Waals surface area contributed by atoms with E-state index in [2.05, 4.69) is 10.3 Å². The van der Waals surface area contributed by atoms with E-state index in [1.165, 1.54) is 35.2 Å². The van der Waals surface area contributed by atoms with Crippen molar-refractivity contribution in [2.24, 2.45) is 14.1 Å². The maximum Gasteiger partial charge on any atom is 0.332 e. The number of aromatic nitrogens is 3. The molecule has 0 spiro atoms. The molecule has 1 atom stereocenters. The van der Waals surface area contributed by atoms with Gasteiger partial charge >= 0.3 is 5.69 Å². The van der Waals surface area contributed by atoms with E-state index in [4.69, 9.17) is 0 Å². The first kappa shape index (κ1) is 21.2. The highest BCUT2D eigenvalue weighted by Crippen LogP contribution is 2.23. The first-order valence-corrected chi connectivity index (χ1v) is 11.1. The lowest BCUT2D eigenvalue weighted by molar-refractivity contribution is -0.120. The zero-order valence-electron chi connectivity index (χ0n) is 16.7. The van der Waals surface area contributed by atoms with Gasteiger partial charge in [0.25, 0.3) is 5.56 Å². The lowest BCUT2D eigenvalue weighted by Crippen LogP contribution is -2.50. The summed E-state index contributed by atoms with van der Waals surface area (Å²) in [5.41, 5.74) is -0.528. The van der Waals surface area contributed by atoms with Crippen molar-refractivity contribution < 1.29 is 13.2 Å². The summed E-state index contributed by atoms with van der Waals surface area (Å²) in [7, 11) is -0.635. The fourth-order valence-electron chi connectivity index (χ4n) is 3.63. The van der Waals surface area contributed by atoms with E-state index < -0.39 is 33.2 Å². The summed E-state index contributed by atoms with van der Waals surface area (Å²) in [5.74, 6) is -0.453. The Labute approximate surface area is 168 Å². The van der Waals surface area contributed by atoms with Gasteiger partial charge in [0, 0.05) is 20.6 Å². The van der Waals surface area contributed by atoms with Gasteiger partial charge in [-0.1, -0.05) is 13.3 Å². The van der Waals surface area contributed by atoms with Gasteiger partial charge in [0.2, 0.25) is 15.9 Å². The molecule has 0 saturated carbocycles. The number of anilines is 1. The highest BCUT2D eigenvalue weighted by atomic mass is 32.2. The molecule has 1 N–H and O–H groups in total. The van der Waals surface area contributed by atoms with E-state index in [-0.39, 0.29) is 22.5 Å². The van der Waals surface area contributed by atoms with Gasteiger partial charge in [0.15, 0.2) is 0 Å². The van der Waals surface area contributed by atoms with Crippen molar-refractivity contribution in [3.05, 3.63) is 33.1 Å². The average Bonchev–Trinajstić information content (AvgIpc) is 2.70. The number of nitrogens with zero attached hydrogens (tertiary/aromatic N) is 4. The number of hydrogen-bond acceptors (Lipinski definition) is 6. The zero-order valence-corrected chi connectivity index (χ0v) is 17.5. The van der Waals surface area contributed by atoms with Gasteiger partial charge in [-0.25, -0.2) is 18.2 Å². The quantitative estimate of drug-likeness (QED) is 0.731. The molecular formula is C18H25N5O5S. The monoisotopic (exact) mass is 423 g/mol. The number of carbonyl (C=O) groups is 1. The predicted molar refractivity (Wildman–Crippen MR) is 109 cm³/mol.